The number of nitrogens with zero attached hydrogens (tertiary/aromatic N) is 2. The number of aryl methyl sites for hydroxylation is 2. The molecule has 4 aromatic rings. The molecule has 5 rings (SSSR count). The smallest absolute Gasteiger partial charge is 0.416 e. The number of ether oxygens (including phenoxy) is 2. The van der Waals surface area contributed by atoms with Crippen molar-refractivity contribution in [1.29, 1.82) is 0 Å². The summed E-state index contributed by atoms with van der Waals surface area (Å²) >= 11 is 0. The number of aromatic nitrogens is 1. The van der Waals surface area contributed by atoms with E-state index in [-0.39, 0.29) is 23.9 Å². The molecule has 0 radical (unpaired) electrons. The van der Waals surface area contributed by atoms with Gasteiger partial charge in [0.05, 0.1) is 42.1 Å². The van der Waals surface area contributed by atoms with Crippen LogP contribution in [-0.2, 0) is 34.8 Å². The van der Waals surface area contributed by atoms with Gasteiger partial charge in [-0.05, 0) is 91.1 Å². The number of pyridine rings is 1. The second-order valence-electron chi connectivity index (χ2n) is 11.8. The van der Waals surface area contributed by atoms with Crippen molar-refractivity contribution in [2.75, 3.05) is 7.11 Å². The number of benzene rings is 3. The average molecular weight is 689 g/mol. The highest BCUT2D eigenvalue weighted by atomic mass is 19.4. The molecule has 49 heavy (non-hydrogen) atoms. The predicted molar refractivity (Wildman–Crippen MR) is 166 cm³/mol. The number of hydrogen-bond acceptors (Lipinski definition) is 5. The third-order valence-corrected chi connectivity index (χ3v) is 8.40. The highest BCUT2D eigenvalue weighted by Crippen LogP contribution is 2.42. The SMILES string of the molecule is CCCc1ccc(-c2cc(-c3ccc(C(=O)OC)cc3C)ccc2F)c(CN2C(=O)O[C@H](c3cc(C(F)(F)F)cc(C(F)(F)F)c3)[C@@H]2C)n1. The van der Waals surface area contributed by atoms with Crippen LogP contribution in [0.5, 0.6) is 0 Å². The second kappa shape index (κ2) is 13.5. The summed E-state index contributed by atoms with van der Waals surface area (Å²) in [6, 6.07) is 12.9. The number of carbonyl (C=O) groups excluding carboxylic acids is 2. The number of methoxy groups -OCH3 is 1. The normalized spacial score (nSPS) is 16.6. The average Bonchev–Trinajstić information content (AvgIpc) is 3.32. The zero-order valence-corrected chi connectivity index (χ0v) is 26.8. The minimum absolute atomic E-state index is 0.00971. The lowest BCUT2D eigenvalue weighted by Gasteiger charge is -2.23. The molecule has 3 aromatic carbocycles. The van der Waals surface area contributed by atoms with Crippen molar-refractivity contribution >= 4 is 12.1 Å². The Bertz CT molecular complexity index is 1870. The summed E-state index contributed by atoms with van der Waals surface area (Å²) in [5.41, 5.74) is 0.230. The first kappa shape index (κ1) is 35.4. The first-order valence-corrected chi connectivity index (χ1v) is 15.3. The fourth-order valence-electron chi connectivity index (χ4n) is 5.90. The Morgan fingerprint density at radius 3 is 2.14 bits per heavy atom. The molecule has 0 N–H and O–H groups in total. The number of hydrogen-bond donors (Lipinski definition) is 0. The molecule has 0 aliphatic carbocycles. The maximum Gasteiger partial charge on any atom is 0.416 e. The highest BCUT2D eigenvalue weighted by Gasteiger charge is 2.43. The summed E-state index contributed by atoms with van der Waals surface area (Å²) in [7, 11) is 1.27. The van der Waals surface area contributed by atoms with Gasteiger partial charge in [-0.3, -0.25) is 9.88 Å². The van der Waals surface area contributed by atoms with Gasteiger partial charge in [-0.25, -0.2) is 14.0 Å². The van der Waals surface area contributed by atoms with Gasteiger partial charge < -0.3 is 9.47 Å². The van der Waals surface area contributed by atoms with Crippen LogP contribution in [0.1, 0.15) is 70.4 Å². The molecule has 0 unspecified atom stereocenters. The summed E-state index contributed by atoms with van der Waals surface area (Å²) in [5.74, 6) is -1.11. The van der Waals surface area contributed by atoms with Crippen molar-refractivity contribution in [2.24, 2.45) is 0 Å². The lowest BCUT2D eigenvalue weighted by molar-refractivity contribution is -0.143. The van der Waals surface area contributed by atoms with Gasteiger partial charge in [0.15, 0.2) is 0 Å². The summed E-state index contributed by atoms with van der Waals surface area (Å²) in [5, 5.41) is 0. The van der Waals surface area contributed by atoms with Crippen molar-refractivity contribution in [1.82, 2.24) is 9.88 Å². The van der Waals surface area contributed by atoms with E-state index in [1.54, 1.807) is 49.4 Å². The van der Waals surface area contributed by atoms with Crippen LogP contribution in [0.3, 0.4) is 0 Å². The molecule has 0 bridgehead atoms. The molecule has 258 valence electrons. The molecule has 1 aromatic heterocycles. The quantitative estimate of drug-likeness (QED) is 0.136. The Labute approximate surface area is 277 Å². The van der Waals surface area contributed by atoms with Crippen LogP contribution in [0.25, 0.3) is 22.3 Å². The number of alkyl halides is 6. The number of amides is 1. The number of cyclic esters (lactones) is 1. The molecule has 6 nitrogen and oxygen atoms in total. The Kier molecular flexibility index (Phi) is 9.76. The van der Waals surface area contributed by atoms with Gasteiger partial charge in [0.1, 0.15) is 11.9 Å². The maximum atomic E-state index is 15.6. The number of rotatable bonds is 8. The maximum absolute atomic E-state index is 15.6. The monoisotopic (exact) mass is 688 g/mol. The minimum atomic E-state index is -5.08. The fourth-order valence-corrected chi connectivity index (χ4v) is 5.90. The van der Waals surface area contributed by atoms with E-state index in [2.05, 4.69) is 0 Å². The third-order valence-electron chi connectivity index (χ3n) is 8.40. The summed E-state index contributed by atoms with van der Waals surface area (Å²) < 4.78 is 107. The van der Waals surface area contributed by atoms with Crippen LogP contribution in [0, 0.1) is 12.7 Å². The Hall–Kier alpha value is -4.94. The van der Waals surface area contributed by atoms with E-state index < -0.39 is 59.1 Å². The zero-order valence-electron chi connectivity index (χ0n) is 26.8. The molecule has 1 amide bonds. The van der Waals surface area contributed by atoms with E-state index in [0.29, 0.717) is 46.5 Å². The molecule has 1 aliphatic heterocycles. The first-order valence-electron chi connectivity index (χ1n) is 15.3. The summed E-state index contributed by atoms with van der Waals surface area (Å²) in [4.78, 5) is 31.0. The van der Waals surface area contributed by atoms with E-state index >= 15 is 4.39 Å². The molecule has 2 atom stereocenters. The van der Waals surface area contributed by atoms with Crippen LogP contribution < -0.4 is 0 Å². The summed E-state index contributed by atoms with van der Waals surface area (Å²) in [6.45, 7) is 4.89. The third kappa shape index (κ3) is 7.40. The second-order valence-corrected chi connectivity index (χ2v) is 11.8. The molecule has 0 saturated carbocycles. The number of esters is 1. The minimum Gasteiger partial charge on any atom is -0.465 e. The van der Waals surface area contributed by atoms with Crippen molar-refractivity contribution in [2.45, 2.75) is 64.7 Å². The van der Waals surface area contributed by atoms with E-state index in [1.165, 1.54) is 20.1 Å². The van der Waals surface area contributed by atoms with E-state index in [1.807, 2.05) is 6.92 Å². The van der Waals surface area contributed by atoms with Gasteiger partial charge in [0, 0.05) is 16.8 Å². The molecular weight excluding hydrogens is 657 g/mol. The molecule has 2 heterocycles. The zero-order chi connectivity index (χ0) is 35.8. The van der Waals surface area contributed by atoms with Crippen molar-refractivity contribution in [3.63, 3.8) is 0 Å². The topological polar surface area (TPSA) is 68.7 Å². The van der Waals surface area contributed by atoms with Crippen LogP contribution in [0.2, 0.25) is 0 Å². The van der Waals surface area contributed by atoms with Gasteiger partial charge in [-0.15, -0.1) is 0 Å². The van der Waals surface area contributed by atoms with Gasteiger partial charge in [-0.2, -0.15) is 26.3 Å². The summed E-state index contributed by atoms with van der Waals surface area (Å²) in [6.07, 6.45) is -11.3. The van der Waals surface area contributed by atoms with Gasteiger partial charge in [-0.1, -0.05) is 31.5 Å². The van der Waals surface area contributed by atoms with E-state index in [9.17, 15) is 35.9 Å². The largest absolute Gasteiger partial charge is 0.465 e. The molecular formula is C36H31F7N2O4. The Morgan fingerprint density at radius 2 is 1.55 bits per heavy atom. The molecule has 1 aliphatic rings. The van der Waals surface area contributed by atoms with Gasteiger partial charge in [0.25, 0.3) is 0 Å². The van der Waals surface area contributed by atoms with Gasteiger partial charge >= 0.3 is 24.4 Å². The van der Waals surface area contributed by atoms with Crippen LogP contribution >= 0.6 is 0 Å². The van der Waals surface area contributed by atoms with Crippen molar-refractivity contribution < 1.29 is 49.8 Å². The lowest BCUT2D eigenvalue weighted by atomic mass is 9.93. The first-order chi connectivity index (χ1) is 23.0. The van der Waals surface area contributed by atoms with Crippen LogP contribution in [0.15, 0.2) is 66.7 Å². The molecule has 1 fully saturated rings. The fraction of sp³-hybridized carbons (Fsp3) is 0.306. The highest BCUT2D eigenvalue weighted by molar-refractivity contribution is 5.90. The van der Waals surface area contributed by atoms with Crippen molar-refractivity contribution in [3.05, 3.63) is 112 Å². The lowest BCUT2D eigenvalue weighted by Crippen LogP contribution is -2.32. The Balaban J connectivity index is 1.54. The van der Waals surface area contributed by atoms with E-state index in [0.717, 1.165) is 16.9 Å². The van der Waals surface area contributed by atoms with Crippen molar-refractivity contribution in [3.8, 4) is 22.3 Å². The molecule has 1 saturated heterocycles. The molecule has 0 spiro atoms. The number of halogens is 7. The number of carbonyl (C=O) groups is 2. The van der Waals surface area contributed by atoms with Crippen LogP contribution in [-0.4, -0.2) is 35.1 Å². The van der Waals surface area contributed by atoms with E-state index in [4.69, 9.17) is 14.5 Å². The van der Waals surface area contributed by atoms with Gasteiger partial charge in [0.2, 0.25) is 0 Å². The molecule has 13 heteroatoms. The standard InChI is InChI=1S/C36H31F7N2O4/c1-5-6-26-9-11-28(29-16-21(8-12-30(29)37)27-10-7-22(13-19(27)2)33(46)48-4)31(44-26)18-45-20(3)32(49-34(45)47)23-14-24(35(38,39)40)17-25(15-23)36(41,42)43/h7-17,20,32H,5-6,18H2,1-4H3/t20-,32-/m0/s1. The van der Waals surface area contributed by atoms with Crippen LogP contribution in [0.4, 0.5) is 35.5 Å². The Morgan fingerprint density at radius 1 is 0.898 bits per heavy atom. The predicted octanol–water partition coefficient (Wildman–Crippen LogP) is 9.72.